The van der Waals surface area contributed by atoms with Gasteiger partial charge in [0.15, 0.2) is 11.6 Å². The molecule has 2 nitrogen and oxygen atoms in total. The summed E-state index contributed by atoms with van der Waals surface area (Å²) in [7, 11) is 0. The van der Waals surface area contributed by atoms with E-state index in [0.717, 1.165) is 9.14 Å². The molecule has 1 aromatic carbocycles. The van der Waals surface area contributed by atoms with Crippen LogP contribution in [-0.4, -0.2) is 11.6 Å². The van der Waals surface area contributed by atoms with E-state index in [4.69, 9.17) is 0 Å². The third kappa shape index (κ3) is 2.76. The largest absolute Gasteiger partial charge is 0.294 e. The van der Waals surface area contributed by atoms with E-state index >= 15 is 0 Å². The predicted molar refractivity (Wildman–Crippen MR) is 77.4 cm³/mol. The number of hydrogen-bond donors (Lipinski definition) is 0. The van der Waals surface area contributed by atoms with Gasteiger partial charge in [-0.3, -0.25) is 9.59 Å². The quantitative estimate of drug-likeness (QED) is 0.361. The van der Waals surface area contributed by atoms with Crippen molar-refractivity contribution in [3.05, 3.63) is 56.0 Å². The third-order valence-electron chi connectivity index (χ3n) is 2.40. The summed E-state index contributed by atoms with van der Waals surface area (Å²) in [5.41, 5.74) is 0.852. The van der Waals surface area contributed by atoms with Crippen LogP contribution in [0.4, 0.5) is 0 Å². The van der Waals surface area contributed by atoms with Crippen molar-refractivity contribution >= 4 is 35.1 Å². The second-order valence-electron chi connectivity index (χ2n) is 3.86. The molecule has 0 saturated carbocycles. The predicted octanol–water partition coefficient (Wildman–Crippen LogP) is 4.01. The molecule has 0 spiro atoms. The van der Waals surface area contributed by atoms with E-state index in [1.807, 2.05) is 18.4 Å². The number of carbonyl (C=O) groups is 2. The molecular weight excluding hydrogens is 264 g/mol. The molecule has 0 fully saturated rings. The molecule has 0 N–H and O–H groups in total. The van der Waals surface area contributed by atoms with Crippen molar-refractivity contribution in [2.75, 3.05) is 0 Å². The molecule has 4 heteroatoms. The Balaban J connectivity index is 2.39. The van der Waals surface area contributed by atoms with Crippen LogP contribution < -0.4 is 0 Å². The van der Waals surface area contributed by atoms with E-state index in [1.165, 1.54) is 30.4 Å². The normalized spacial score (nSPS) is 17.3. The Kier molecular flexibility index (Phi) is 4.09. The minimum Gasteiger partial charge on any atom is -0.294 e. The zero-order chi connectivity index (χ0) is 13.1. The van der Waals surface area contributed by atoms with Gasteiger partial charge in [0.2, 0.25) is 0 Å². The zero-order valence-electron chi connectivity index (χ0n) is 10.1. The molecule has 1 aromatic rings. The van der Waals surface area contributed by atoms with Gasteiger partial charge in [-0.25, -0.2) is 0 Å². The van der Waals surface area contributed by atoms with Gasteiger partial charge in [-0.15, -0.1) is 0 Å². The van der Waals surface area contributed by atoms with Gasteiger partial charge in [-0.2, -0.15) is 0 Å². The molecule has 1 heterocycles. The molecule has 0 radical (unpaired) electrons. The van der Waals surface area contributed by atoms with Gasteiger partial charge in [0.25, 0.3) is 0 Å². The first kappa shape index (κ1) is 13.2. The lowest BCUT2D eigenvalue weighted by atomic mass is 10.0. The topological polar surface area (TPSA) is 34.1 Å². The molecule has 18 heavy (non-hydrogen) atoms. The Morgan fingerprint density at radius 3 is 2.28 bits per heavy atom. The number of Topliss-reactive ketones (excluding diaryl/α,β-unsaturated/α-hetero) is 2. The fourth-order valence-electron chi connectivity index (χ4n) is 1.57. The molecule has 0 aromatic heterocycles. The standard InChI is InChI=1S/C14H12O2S2/c1-9-8-17-14(18-9)12(10(2)15)13(16)11-6-4-3-5-7-11/h3-8H,1-2H3/b14-12-. The highest BCUT2D eigenvalue weighted by Crippen LogP contribution is 2.45. The lowest BCUT2D eigenvalue weighted by Crippen LogP contribution is -2.11. The van der Waals surface area contributed by atoms with E-state index in [9.17, 15) is 9.59 Å². The van der Waals surface area contributed by atoms with Crippen molar-refractivity contribution in [3.8, 4) is 0 Å². The van der Waals surface area contributed by atoms with Crippen molar-refractivity contribution in [2.24, 2.45) is 0 Å². The molecule has 0 amide bonds. The Morgan fingerprint density at radius 1 is 1.11 bits per heavy atom. The first-order valence-corrected chi connectivity index (χ1v) is 7.15. The zero-order valence-corrected chi connectivity index (χ0v) is 11.7. The number of carbonyl (C=O) groups excluding carboxylic acids is 2. The van der Waals surface area contributed by atoms with E-state index in [1.54, 1.807) is 24.3 Å². The van der Waals surface area contributed by atoms with Crippen LogP contribution in [0.3, 0.4) is 0 Å². The number of rotatable bonds is 3. The van der Waals surface area contributed by atoms with Crippen molar-refractivity contribution in [1.29, 1.82) is 0 Å². The summed E-state index contributed by atoms with van der Waals surface area (Å²) >= 11 is 2.94. The van der Waals surface area contributed by atoms with Crippen LogP contribution >= 0.6 is 23.5 Å². The lowest BCUT2D eigenvalue weighted by molar-refractivity contribution is -0.113. The van der Waals surface area contributed by atoms with E-state index < -0.39 is 0 Å². The highest BCUT2D eigenvalue weighted by molar-refractivity contribution is 8.28. The second-order valence-corrected chi connectivity index (χ2v) is 6.26. The molecule has 0 atom stereocenters. The number of thioether (sulfide) groups is 2. The molecule has 0 saturated heterocycles. The summed E-state index contributed by atoms with van der Waals surface area (Å²) in [4.78, 5) is 25.2. The molecule has 1 aliphatic heterocycles. The Bertz CT molecular complexity index is 556. The fourth-order valence-corrected chi connectivity index (χ4v) is 3.90. The Hall–Kier alpha value is -1.26. The Labute approximate surface area is 115 Å². The highest BCUT2D eigenvalue weighted by Gasteiger charge is 2.24. The average molecular weight is 276 g/mol. The van der Waals surface area contributed by atoms with Crippen LogP contribution in [0.25, 0.3) is 0 Å². The smallest absolute Gasteiger partial charge is 0.198 e. The fraction of sp³-hybridized carbons (Fsp3) is 0.143. The third-order valence-corrected chi connectivity index (χ3v) is 4.81. The molecule has 2 rings (SSSR count). The first-order valence-electron chi connectivity index (χ1n) is 5.46. The lowest BCUT2D eigenvalue weighted by Gasteiger charge is -2.06. The van der Waals surface area contributed by atoms with Crippen LogP contribution in [0.15, 0.2) is 50.5 Å². The molecule has 0 bridgehead atoms. The summed E-state index contributed by atoms with van der Waals surface area (Å²) in [6.07, 6.45) is 0. The minimum atomic E-state index is -0.193. The van der Waals surface area contributed by atoms with Crippen molar-refractivity contribution < 1.29 is 9.59 Å². The minimum absolute atomic E-state index is 0.179. The van der Waals surface area contributed by atoms with Gasteiger partial charge < -0.3 is 0 Å². The number of hydrogen-bond acceptors (Lipinski definition) is 4. The maximum atomic E-state index is 12.4. The van der Waals surface area contributed by atoms with Crippen LogP contribution in [0, 0.1) is 0 Å². The maximum Gasteiger partial charge on any atom is 0.198 e. The van der Waals surface area contributed by atoms with Crippen molar-refractivity contribution in [1.82, 2.24) is 0 Å². The maximum absolute atomic E-state index is 12.4. The number of ketones is 2. The van der Waals surface area contributed by atoms with Gasteiger partial charge in [-0.05, 0) is 24.2 Å². The molecule has 1 aliphatic rings. The number of allylic oxidation sites excluding steroid dienone is 2. The second kappa shape index (κ2) is 5.59. The molecular formula is C14H12O2S2. The molecule has 0 aliphatic carbocycles. The van der Waals surface area contributed by atoms with Crippen molar-refractivity contribution in [3.63, 3.8) is 0 Å². The van der Waals surface area contributed by atoms with Crippen LogP contribution in [0.2, 0.25) is 0 Å². The molecule has 92 valence electrons. The summed E-state index contributed by atoms with van der Waals surface area (Å²) in [5.74, 6) is -0.372. The summed E-state index contributed by atoms with van der Waals surface area (Å²) in [5, 5.41) is 1.96. The Morgan fingerprint density at radius 2 is 1.78 bits per heavy atom. The van der Waals surface area contributed by atoms with E-state index in [0.29, 0.717) is 11.1 Å². The monoisotopic (exact) mass is 276 g/mol. The number of benzene rings is 1. The van der Waals surface area contributed by atoms with Gasteiger partial charge in [0.1, 0.15) is 0 Å². The van der Waals surface area contributed by atoms with Crippen molar-refractivity contribution in [2.45, 2.75) is 13.8 Å². The van der Waals surface area contributed by atoms with E-state index in [2.05, 4.69) is 0 Å². The van der Waals surface area contributed by atoms with Crippen LogP contribution in [-0.2, 0) is 4.79 Å². The van der Waals surface area contributed by atoms with Gasteiger partial charge in [0, 0.05) is 5.56 Å². The average Bonchev–Trinajstić information content (AvgIpc) is 2.76. The summed E-state index contributed by atoms with van der Waals surface area (Å²) in [6.45, 7) is 3.41. The van der Waals surface area contributed by atoms with E-state index in [-0.39, 0.29) is 11.6 Å². The highest BCUT2D eigenvalue weighted by atomic mass is 32.2. The molecule has 0 unspecified atom stereocenters. The summed E-state index contributed by atoms with van der Waals surface area (Å²) in [6, 6.07) is 8.91. The van der Waals surface area contributed by atoms with Crippen LogP contribution in [0.5, 0.6) is 0 Å². The first-order chi connectivity index (χ1) is 8.59. The van der Waals surface area contributed by atoms with Gasteiger partial charge in [-0.1, -0.05) is 53.9 Å². The summed E-state index contributed by atoms with van der Waals surface area (Å²) < 4.78 is 0.786. The SMILES string of the molecule is CC(=O)/C(C(=O)c1ccccc1)=C1\SC=C(C)S1. The van der Waals surface area contributed by atoms with Crippen LogP contribution in [0.1, 0.15) is 24.2 Å². The van der Waals surface area contributed by atoms with Gasteiger partial charge in [0.05, 0.1) is 9.81 Å². The van der Waals surface area contributed by atoms with Gasteiger partial charge >= 0.3 is 0 Å².